The molecule has 0 fully saturated rings. The summed E-state index contributed by atoms with van der Waals surface area (Å²) >= 11 is 0. The molecule has 0 radical (unpaired) electrons. The van der Waals surface area contributed by atoms with E-state index < -0.39 is 0 Å². The third-order valence-corrected chi connectivity index (χ3v) is 5.10. The van der Waals surface area contributed by atoms with Crippen LogP contribution in [0.25, 0.3) is 22.4 Å². The van der Waals surface area contributed by atoms with Crippen molar-refractivity contribution >= 4 is 12.4 Å². The standard InChI is InChI=1S/C22H21N5O3/c1-13-21(27(22(28)26-13)14(2)18-7-5-6-8-24-18)17-10-20(29-4)16(9-19(17)23-3)15-11-25-30-12-15/h5-12,14H,3H2,1-2,4H3,(H,26,28)/t14-/m1/s1. The lowest BCUT2D eigenvalue weighted by molar-refractivity contribution is 0.415. The van der Waals surface area contributed by atoms with E-state index in [1.807, 2.05) is 44.2 Å². The number of methoxy groups -OCH3 is 1. The number of aromatic amines is 1. The van der Waals surface area contributed by atoms with Crippen molar-refractivity contribution in [1.82, 2.24) is 19.7 Å². The Kier molecular flexibility index (Phi) is 5.05. The molecule has 3 heterocycles. The first kappa shape index (κ1) is 19.4. The Morgan fingerprint density at radius 1 is 1.30 bits per heavy atom. The molecule has 1 N–H and O–H groups in total. The maximum atomic E-state index is 12.8. The zero-order chi connectivity index (χ0) is 21.3. The van der Waals surface area contributed by atoms with Crippen LogP contribution in [0.3, 0.4) is 0 Å². The van der Waals surface area contributed by atoms with Gasteiger partial charge in [0, 0.05) is 28.6 Å². The fourth-order valence-electron chi connectivity index (χ4n) is 3.64. The molecule has 0 spiro atoms. The van der Waals surface area contributed by atoms with Gasteiger partial charge in [-0.2, -0.15) is 0 Å². The predicted octanol–water partition coefficient (Wildman–Crippen LogP) is 4.15. The van der Waals surface area contributed by atoms with Crippen LogP contribution in [0.4, 0.5) is 5.69 Å². The highest BCUT2D eigenvalue weighted by molar-refractivity contribution is 5.85. The van der Waals surface area contributed by atoms with Gasteiger partial charge in [-0.15, -0.1) is 0 Å². The summed E-state index contributed by atoms with van der Waals surface area (Å²) in [6.07, 6.45) is 4.85. The summed E-state index contributed by atoms with van der Waals surface area (Å²) in [4.78, 5) is 24.4. The summed E-state index contributed by atoms with van der Waals surface area (Å²) in [6.45, 7) is 7.51. The molecule has 4 aromatic rings. The molecule has 8 heteroatoms. The number of ether oxygens (including phenoxy) is 1. The second kappa shape index (κ2) is 7.82. The minimum Gasteiger partial charge on any atom is -0.496 e. The van der Waals surface area contributed by atoms with Crippen LogP contribution < -0.4 is 10.4 Å². The van der Waals surface area contributed by atoms with Crippen molar-refractivity contribution in [2.45, 2.75) is 19.9 Å². The smallest absolute Gasteiger partial charge is 0.326 e. The Labute approximate surface area is 172 Å². The normalized spacial score (nSPS) is 12.0. The number of aromatic nitrogens is 4. The molecular weight excluding hydrogens is 382 g/mol. The van der Waals surface area contributed by atoms with Crippen LogP contribution in [0, 0.1) is 6.92 Å². The van der Waals surface area contributed by atoms with E-state index in [2.05, 4.69) is 26.8 Å². The molecule has 30 heavy (non-hydrogen) atoms. The summed E-state index contributed by atoms with van der Waals surface area (Å²) < 4.78 is 12.3. The lowest BCUT2D eigenvalue weighted by atomic mass is 10.00. The Morgan fingerprint density at radius 3 is 2.77 bits per heavy atom. The fourth-order valence-corrected chi connectivity index (χ4v) is 3.64. The molecule has 8 nitrogen and oxygen atoms in total. The minimum atomic E-state index is -0.292. The van der Waals surface area contributed by atoms with Gasteiger partial charge in [0.2, 0.25) is 0 Å². The summed E-state index contributed by atoms with van der Waals surface area (Å²) in [5, 5.41) is 3.76. The van der Waals surface area contributed by atoms with Crippen LogP contribution in [-0.2, 0) is 0 Å². The number of imidazole rings is 1. The predicted molar refractivity (Wildman–Crippen MR) is 115 cm³/mol. The van der Waals surface area contributed by atoms with Gasteiger partial charge in [0.05, 0.1) is 36.4 Å². The van der Waals surface area contributed by atoms with Crippen molar-refractivity contribution in [3.05, 3.63) is 70.9 Å². The Hall–Kier alpha value is -3.94. The number of benzene rings is 1. The van der Waals surface area contributed by atoms with Gasteiger partial charge >= 0.3 is 5.69 Å². The summed E-state index contributed by atoms with van der Waals surface area (Å²) in [5.41, 5.74) is 4.83. The first-order valence-electron chi connectivity index (χ1n) is 9.36. The lowest BCUT2D eigenvalue weighted by Crippen LogP contribution is -2.22. The largest absolute Gasteiger partial charge is 0.496 e. The van der Waals surface area contributed by atoms with Crippen LogP contribution in [0.1, 0.15) is 24.4 Å². The fraction of sp³-hybridized carbons (Fsp3) is 0.182. The van der Waals surface area contributed by atoms with E-state index in [0.29, 0.717) is 22.8 Å². The molecule has 4 rings (SSSR count). The van der Waals surface area contributed by atoms with E-state index in [4.69, 9.17) is 9.26 Å². The molecule has 0 saturated heterocycles. The molecular formula is C22H21N5O3. The highest BCUT2D eigenvalue weighted by Crippen LogP contribution is 2.42. The number of aliphatic imine (C=N–C) groups is 1. The third kappa shape index (κ3) is 3.22. The number of pyridine rings is 1. The van der Waals surface area contributed by atoms with Gasteiger partial charge in [-0.3, -0.25) is 14.5 Å². The van der Waals surface area contributed by atoms with Crippen LogP contribution in [0.2, 0.25) is 0 Å². The molecule has 152 valence electrons. The van der Waals surface area contributed by atoms with E-state index in [1.54, 1.807) is 24.1 Å². The highest BCUT2D eigenvalue weighted by atomic mass is 16.5. The van der Waals surface area contributed by atoms with Crippen molar-refractivity contribution in [2.24, 2.45) is 4.99 Å². The maximum absolute atomic E-state index is 12.8. The van der Waals surface area contributed by atoms with Crippen LogP contribution in [0.5, 0.6) is 5.75 Å². The molecule has 3 aromatic heterocycles. The van der Waals surface area contributed by atoms with E-state index in [9.17, 15) is 4.79 Å². The molecule has 0 amide bonds. The summed E-state index contributed by atoms with van der Waals surface area (Å²) in [7, 11) is 1.59. The molecule has 0 bridgehead atoms. The van der Waals surface area contributed by atoms with Gasteiger partial charge in [0.25, 0.3) is 0 Å². The molecule has 1 aromatic carbocycles. The number of H-pyrrole nitrogens is 1. The maximum Gasteiger partial charge on any atom is 0.326 e. The molecule has 0 aliphatic rings. The van der Waals surface area contributed by atoms with Crippen LogP contribution in [-0.4, -0.2) is 33.5 Å². The second-order valence-electron chi connectivity index (χ2n) is 6.85. The van der Waals surface area contributed by atoms with Crippen molar-refractivity contribution in [3.8, 4) is 28.1 Å². The van der Waals surface area contributed by atoms with E-state index in [-0.39, 0.29) is 11.7 Å². The Morgan fingerprint density at radius 2 is 2.13 bits per heavy atom. The highest BCUT2D eigenvalue weighted by Gasteiger charge is 2.23. The quantitative estimate of drug-likeness (QED) is 0.488. The Balaban J connectivity index is 1.95. The SMILES string of the molecule is C=Nc1cc(-c2cnoc2)c(OC)cc1-c1c(C)[nH]c(=O)n1[C@H](C)c1ccccn1. The second-order valence-corrected chi connectivity index (χ2v) is 6.85. The van der Waals surface area contributed by atoms with E-state index in [1.165, 1.54) is 6.26 Å². The molecule has 0 unspecified atom stereocenters. The van der Waals surface area contributed by atoms with Crippen molar-refractivity contribution in [3.63, 3.8) is 0 Å². The van der Waals surface area contributed by atoms with Gasteiger partial charge < -0.3 is 14.2 Å². The van der Waals surface area contributed by atoms with Gasteiger partial charge in [-0.1, -0.05) is 11.2 Å². The van der Waals surface area contributed by atoms with E-state index in [0.717, 1.165) is 22.4 Å². The molecule has 0 aliphatic carbocycles. The Bertz CT molecular complexity index is 1240. The molecule has 0 saturated carbocycles. The average molecular weight is 403 g/mol. The monoisotopic (exact) mass is 403 g/mol. The number of rotatable bonds is 6. The number of nitrogens with one attached hydrogen (secondary N) is 1. The lowest BCUT2D eigenvalue weighted by Gasteiger charge is -2.18. The van der Waals surface area contributed by atoms with Crippen molar-refractivity contribution in [1.29, 1.82) is 0 Å². The van der Waals surface area contributed by atoms with E-state index >= 15 is 0 Å². The van der Waals surface area contributed by atoms with Gasteiger partial charge in [-0.25, -0.2) is 4.79 Å². The van der Waals surface area contributed by atoms with Crippen molar-refractivity contribution < 1.29 is 9.26 Å². The zero-order valence-corrected chi connectivity index (χ0v) is 16.9. The first-order valence-corrected chi connectivity index (χ1v) is 9.36. The molecule has 0 aliphatic heterocycles. The van der Waals surface area contributed by atoms with Gasteiger partial charge in [0.1, 0.15) is 12.0 Å². The third-order valence-electron chi connectivity index (χ3n) is 5.10. The first-order chi connectivity index (χ1) is 14.5. The summed E-state index contributed by atoms with van der Waals surface area (Å²) in [6, 6.07) is 9.04. The number of aryl methyl sites for hydroxylation is 1. The average Bonchev–Trinajstić information content (AvgIpc) is 3.40. The topological polar surface area (TPSA) is 98.3 Å². The minimum absolute atomic E-state index is 0.224. The summed E-state index contributed by atoms with van der Waals surface area (Å²) in [5.74, 6) is 0.602. The molecule has 1 atom stereocenters. The van der Waals surface area contributed by atoms with Crippen molar-refractivity contribution in [2.75, 3.05) is 7.11 Å². The van der Waals surface area contributed by atoms with Gasteiger partial charge in [-0.05, 0) is 44.8 Å². The number of hydrogen-bond acceptors (Lipinski definition) is 6. The van der Waals surface area contributed by atoms with Crippen LogP contribution >= 0.6 is 0 Å². The van der Waals surface area contributed by atoms with Gasteiger partial charge in [0.15, 0.2) is 0 Å². The van der Waals surface area contributed by atoms with Crippen LogP contribution in [0.15, 0.2) is 63.3 Å². The number of hydrogen-bond donors (Lipinski definition) is 1. The number of nitrogens with zero attached hydrogens (tertiary/aromatic N) is 4. The zero-order valence-electron chi connectivity index (χ0n) is 16.9.